The fraction of sp³-hybridized carbons (Fsp3) is 0.125. The Hall–Kier alpha value is -3.62. The Labute approximate surface area is 180 Å². The van der Waals surface area contributed by atoms with E-state index in [0.717, 1.165) is 11.1 Å². The lowest BCUT2D eigenvalue weighted by Gasteiger charge is -2.24. The largest absolute Gasteiger partial charge is 0.352 e. The van der Waals surface area contributed by atoms with Crippen LogP contribution >= 0.6 is 11.6 Å². The molecule has 5 nitrogen and oxygen atoms in total. The lowest BCUT2D eigenvalue weighted by atomic mass is 10.1. The van der Waals surface area contributed by atoms with Gasteiger partial charge in [0.25, 0.3) is 5.91 Å². The third kappa shape index (κ3) is 5.25. The molecule has 3 aromatic carbocycles. The molecule has 6 heteroatoms. The first kappa shape index (κ1) is 21.1. The number of hydrogen-bond donors (Lipinski definition) is 1. The SMILES string of the molecule is CC(=O)NCc1ccc(C(=O)N(Cc2ccccc2)c2cc(Cl)ccc2C#N)cc1. The number of carbonyl (C=O) groups is 2. The van der Waals surface area contributed by atoms with Crippen molar-refractivity contribution in [3.05, 3.63) is 100 Å². The van der Waals surface area contributed by atoms with Gasteiger partial charge in [0.1, 0.15) is 6.07 Å². The molecule has 30 heavy (non-hydrogen) atoms. The maximum Gasteiger partial charge on any atom is 0.258 e. The van der Waals surface area contributed by atoms with Gasteiger partial charge in [0.05, 0.1) is 17.8 Å². The van der Waals surface area contributed by atoms with E-state index in [1.807, 2.05) is 30.3 Å². The molecular weight excluding hydrogens is 398 g/mol. The zero-order chi connectivity index (χ0) is 21.5. The molecule has 0 aliphatic rings. The van der Waals surface area contributed by atoms with Gasteiger partial charge in [0.15, 0.2) is 0 Å². The summed E-state index contributed by atoms with van der Waals surface area (Å²) in [5.74, 6) is -0.363. The van der Waals surface area contributed by atoms with Crippen LogP contribution in [0.15, 0.2) is 72.8 Å². The molecular formula is C24H20ClN3O2. The van der Waals surface area contributed by atoms with Crippen molar-refractivity contribution in [3.8, 4) is 6.07 Å². The fourth-order valence-electron chi connectivity index (χ4n) is 3.00. The minimum absolute atomic E-state index is 0.117. The summed E-state index contributed by atoms with van der Waals surface area (Å²) in [7, 11) is 0. The zero-order valence-electron chi connectivity index (χ0n) is 16.4. The van der Waals surface area contributed by atoms with Gasteiger partial charge in [0, 0.05) is 24.1 Å². The summed E-state index contributed by atoms with van der Waals surface area (Å²) in [4.78, 5) is 26.1. The van der Waals surface area contributed by atoms with E-state index in [4.69, 9.17) is 11.6 Å². The molecule has 3 aromatic rings. The van der Waals surface area contributed by atoms with Gasteiger partial charge in [-0.2, -0.15) is 5.26 Å². The van der Waals surface area contributed by atoms with E-state index in [1.54, 1.807) is 47.4 Å². The topological polar surface area (TPSA) is 73.2 Å². The van der Waals surface area contributed by atoms with Gasteiger partial charge >= 0.3 is 0 Å². The van der Waals surface area contributed by atoms with Crippen LogP contribution in [0.4, 0.5) is 5.69 Å². The molecule has 0 heterocycles. The number of nitrogens with one attached hydrogen (secondary N) is 1. The number of nitrogens with zero attached hydrogens (tertiary/aromatic N) is 2. The van der Waals surface area contributed by atoms with Crippen molar-refractivity contribution < 1.29 is 9.59 Å². The molecule has 1 N–H and O–H groups in total. The highest BCUT2D eigenvalue weighted by Crippen LogP contribution is 2.28. The summed E-state index contributed by atoms with van der Waals surface area (Å²) in [5.41, 5.74) is 3.11. The predicted molar refractivity (Wildman–Crippen MR) is 117 cm³/mol. The van der Waals surface area contributed by atoms with Crippen molar-refractivity contribution >= 4 is 29.1 Å². The first-order chi connectivity index (χ1) is 14.5. The second-order valence-corrected chi connectivity index (χ2v) is 7.19. The first-order valence-corrected chi connectivity index (χ1v) is 9.74. The quantitative estimate of drug-likeness (QED) is 0.632. The van der Waals surface area contributed by atoms with E-state index in [-0.39, 0.29) is 11.8 Å². The van der Waals surface area contributed by atoms with Gasteiger partial charge in [0.2, 0.25) is 5.91 Å². The highest BCUT2D eigenvalue weighted by atomic mass is 35.5. The Morgan fingerprint density at radius 2 is 1.70 bits per heavy atom. The second kappa shape index (κ2) is 9.73. The highest BCUT2D eigenvalue weighted by molar-refractivity contribution is 6.31. The first-order valence-electron chi connectivity index (χ1n) is 9.37. The van der Waals surface area contributed by atoms with Crippen molar-refractivity contribution in [1.29, 1.82) is 5.26 Å². The van der Waals surface area contributed by atoms with Gasteiger partial charge in [-0.05, 0) is 41.5 Å². The Morgan fingerprint density at radius 3 is 2.33 bits per heavy atom. The van der Waals surface area contributed by atoms with Gasteiger partial charge in [-0.3, -0.25) is 9.59 Å². The summed E-state index contributed by atoms with van der Waals surface area (Å²) in [5, 5.41) is 12.7. The Balaban J connectivity index is 1.96. The van der Waals surface area contributed by atoms with Crippen molar-refractivity contribution in [3.63, 3.8) is 0 Å². The summed E-state index contributed by atoms with van der Waals surface area (Å²) in [6.07, 6.45) is 0. The Morgan fingerprint density at radius 1 is 1.00 bits per heavy atom. The third-order valence-corrected chi connectivity index (χ3v) is 4.78. The van der Waals surface area contributed by atoms with Crippen molar-refractivity contribution in [2.75, 3.05) is 4.90 Å². The van der Waals surface area contributed by atoms with Crippen LogP contribution < -0.4 is 10.2 Å². The molecule has 150 valence electrons. The number of carbonyl (C=O) groups excluding carboxylic acids is 2. The summed E-state index contributed by atoms with van der Waals surface area (Å²) >= 11 is 6.17. The van der Waals surface area contributed by atoms with E-state index in [0.29, 0.717) is 34.9 Å². The van der Waals surface area contributed by atoms with Gasteiger partial charge in [-0.25, -0.2) is 0 Å². The van der Waals surface area contributed by atoms with Crippen LogP contribution in [-0.4, -0.2) is 11.8 Å². The monoisotopic (exact) mass is 417 g/mol. The molecule has 0 aliphatic heterocycles. The molecule has 2 amide bonds. The average Bonchev–Trinajstić information content (AvgIpc) is 2.76. The highest BCUT2D eigenvalue weighted by Gasteiger charge is 2.21. The fourth-order valence-corrected chi connectivity index (χ4v) is 3.17. The second-order valence-electron chi connectivity index (χ2n) is 6.76. The minimum atomic E-state index is -0.247. The lowest BCUT2D eigenvalue weighted by Crippen LogP contribution is -2.31. The van der Waals surface area contributed by atoms with E-state index in [1.165, 1.54) is 6.92 Å². The van der Waals surface area contributed by atoms with Crippen LogP contribution in [-0.2, 0) is 17.9 Å². The van der Waals surface area contributed by atoms with Crippen LogP contribution in [0.1, 0.15) is 34.0 Å². The average molecular weight is 418 g/mol. The molecule has 0 bridgehead atoms. The number of amides is 2. The maximum atomic E-state index is 13.4. The van der Waals surface area contributed by atoms with Crippen molar-refractivity contribution in [1.82, 2.24) is 5.32 Å². The van der Waals surface area contributed by atoms with Crippen LogP contribution in [0, 0.1) is 11.3 Å². The van der Waals surface area contributed by atoms with E-state index in [9.17, 15) is 14.9 Å². The number of benzene rings is 3. The number of anilines is 1. The number of hydrogen-bond acceptors (Lipinski definition) is 3. The molecule has 0 aliphatic carbocycles. The van der Waals surface area contributed by atoms with Gasteiger partial charge in [-0.15, -0.1) is 0 Å². The van der Waals surface area contributed by atoms with Crippen molar-refractivity contribution in [2.45, 2.75) is 20.0 Å². The molecule has 0 atom stereocenters. The maximum absolute atomic E-state index is 13.4. The third-order valence-electron chi connectivity index (χ3n) is 4.54. The lowest BCUT2D eigenvalue weighted by molar-refractivity contribution is -0.119. The summed E-state index contributed by atoms with van der Waals surface area (Å²) in [6.45, 7) is 2.14. The molecule has 0 fully saturated rings. The summed E-state index contributed by atoms with van der Waals surface area (Å²) in [6, 6.07) is 23.6. The van der Waals surface area contributed by atoms with Crippen LogP contribution in [0.5, 0.6) is 0 Å². The molecule has 0 aromatic heterocycles. The molecule has 0 radical (unpaired) electrons. The van der Waals surface area contributed by atoms with E-state index < -0.39 is 0 Å². The van der Waals surface area contributed by atoms with Gasteiger partial charge in [-0.1, -0.05) is 54.1 Å². The number of nitriles is 1. The molecule has 0 unspecified atom stereocenters. The standard InChI is InChI=1S/C24H20ClN3O2/c1-17(29)27-15-18-7-9-20(10-8-18)24(30)28(16-19-5-3-2-4-6-19)23-13-22(25)12-11-21(23)14-26/h2-13H,15-16H2,1H3,(H,27,29). The molecule has 0 saturated carbocycles. The Bertz CT molecular complexity index is 1090. The molecule has 0 saturated heterocycles. The predicted octanol–water partition coefficient (Wildman–Crippen LogP) is 4.69. The van der Waals surface area contributed by atoms with Crippen LogP contribution in [0.3, 0.4) is 0 Å². The zero-order valence-corrected chi connectivity index (χ0v) is 17.2. The van der Waals surface area contributed by atoms with Gasteiger partial charge < -0.3 is 10.2 Å². The Kier molecular flexibility index (Phi) is 6.84. The molecule has 3 rings (SSSR count). The van der Waals surface area contributed by atoms with E-state index in [2.05, 4.69) is 11.4 Å². The van der Waals surface area contributed by atoms with Crippen molar-refractivity contribution in [2.24, 2.45) is 0 Å². The summed E-state index contributed by atoms with van der Waals surface area (Å²) < 4.78 is 0. The van der Waals surface area contributed by atoms with E-state index >= 15 is 0 Å². The van der Waals surface area contributed by atoms with Crippen LogP contribution in [0.25, 0.3) is 0 Å². The smallest absolute Gasteiger partial charge is 0.258 e. The molecule has 0 spiro atoms. The van der Waals surface area contributed by atoms with Crippen LogP contribution in [0.2, 0.25) is 5.02 Å². The number of halogens is 1. The minimum Gasteiger partial charge on any atom is -0.352 e. The normalized spacial score (nSPS) is 10.2. The number of rotatable bonds is 6.